The van der Waals surface area contributed by atoms with Crippen LogP contribution >= 0.6 is 22.7 Å². The van der Waals surface area contributed by atoms with E-state index >= 15 is 0 Å². The molecule has 4 heterocycles. The molecule has 1 N–H and O–H groups in total. The Bertz CT molecular complexity index is 1310. The van der Waals surface area contributed by atoms with Gasteiger partial charge in [-0.1, -0.05) is 11.3 Å². The van der Waals surface area contributed by atoms with Crippen LogP contribution in [0.2, 0.25) is 0 Å². The summed E-state index contributed by atoms with van der Waals surface area (Å²) in [5.74, 6) is -0.197. The Hall–Kier alpha value is -3.02. The molecule has 0 aliphatic carbocycles. The molecule has 0 spiro atoms. The number of anilines is 2. The van der Waals surface area contributed by atoms with Crippen LogP contribution in [0.3, 0.4) is 0 Å². The number of thiophene rings is 1. The predicted octanol–water partition coefficient (Wildman–Crippen LogP) is 4.58. The fraction of sp³-hybridized carbons (Fsp3) is 0.364. The number of ether oxygens (including phenoxy) is 2. The van der Waals surface area contributed by atoms with Crippen LogP contribution in [0.25, 0.3) is 20.4 Å². The average molecular weight is 486 g/mol. The monoisotopic (exact) mass is 485 g/mol. The maximum Gasteiger partial charge on any atom is 0.435 e. The van der Waals surface area contributed by atoms with Gasteiger partial charge in [0.1, 0.15) is 10.4 Å². The van der Waals surface area contributed by atoms with E-state index in [1.54, 1.807) is 56.5 Å². The summed E-state index contributed by atoms with van der Waals surface area (Å²) in [6.07, 6.45) is 1.03. The molecule has 1 aliphatic heterocycles. The number of nitrogens with one attached hydrogen (secondary N) is 1. The second kappa shape index (κ2) is 8.40. The highest BCUT2D eigenvalue weighted by Crippen LogP contribution is 2.35. The zero-order chi connectivity index (χ0) is 23.2. The minimum absolute atomic E-state index is 0.197. The van der Waals surface area contributed by atoms with Crippen molar-refractivity contribution in [3.63, 3.8) is 0 Å². The van der Waals surface area contributed by atoms with Crippen molar-refractivity contribution >= 4 is 65.9 Å². The van der Waals surface area contributed by atoms with Gasteiger partial charge in [0, 0.05) is 24.2 Å². The van der Waals surface area contributed by atoms with Crippen molar-refractivity contribution in [2.75, 3.05) is 36.5 Å². The van der Waals surface area contributed by atoms with Crippen molar-refractivity contribution in [1.82, 2.24) is 14.8 Å². The van der Waals surface area contributed by atoms with Crippen LogP contribution in [-0.4, -0.2) is 58.7 Å². The average Bonchev–Trinajstić information content (AvgIpc) is 3.46. The largest absolute Gasteiger partial charge is 0.442 e. The molecule has 9 nitrogen and oxygen atoms in total. The van der Waals surface area contributed by atoms with Gasteiger partial charge in [-0.15, -0.1) is 11.3 Å². The molecule has 0 atom stereocenters. The zero-order valence-corrected chi connectivity index (χ0v) is 20.1. The molecule has 1 amide bonds. The number of rotatable bonds is 3. The number of nitrogens with zero attached hydrogens (tertiary/aromatic N) is 4. The molecule has 1 aliphatic rings. The first-order valence-corrected chi connectivity index (χ1v) is 12.2. The van der Waals surface area contributed by atoms with Gasteiger partial charge in [0.2, 0.25) is 0 Å². The number of benzene rings is 1. The quantitative estimate of drug-likeness (QED) is 0.453. The Morgan fingerprint density at radius 2 is 1.94 bits per heavy atom. The molecule has 0 saturated carbocycles. The Labute approximate surface area is 197 Å². The Morgan fingerprint density at radius 3 is 2.67 bits per heavy atom. The van der Waals surface area contributed by atoms with Gasteiger partial charge in [-0.05, 0) is 45.0 Å². The number of hydrogen-bond donors (Lipinski definition) is 1. The molecule has 11 heteroatoms. The lowest BCUT2D eigenvalue weighted by Gasteiger charge is -2.25. The van der Waals surface area contributed by atoms with Crippen LogP contribution in [0, 0.1) is 0 Å². The van der Waals surface area contributed by atoms with E-state index in [0.717, 1.165) is 33.1 Å². The Morgan fingerprint density at radius 1 is 1.15 bits per heavy atom. The van der Waals surface area contributed by atoms with Gasteiger partial charge < -0.3 is 19.7 Å². The maximum atomic E-state index is 12.8. The minimum atomic E-state index is -0.616. The smallest absolute Gasteiger partial charge is 0.435 e. The topological polar surface area (TPSA) is 98.6 Å². The van der Waals surface area contributed by atoms with Crippen molar-refractivity contribution in [3.05, 3.63) is 35.3 Å². The van der Waals surface area contributed by atoms with Gasteiger partial charge in [0.15, 0.2) is 5.13 Å². The van der Waals surface area contributed by atoms with Crippen LogP contribution in [0.15, 0.2) is 30.5 Å². The first-order valence-electron chi connectivity index (χ1n) is 10.5. The van der Waals surface area contributed by atoms with E-state index in [1.807, 2.05) is 6.07 Å². The number of morpholine rings is 1. The van der Waals surface area contributed by atoms with Crippen LogP contribution in [-0.2, 0) is 9.47 Å². The summed E-state index contributed by atoms with van der Waals surface area (Å²) in [4.78, 5) is 33.6. The first-order chi connectivity index (χ1) is 15.8. The molecule has 4 aromatic rings. The molecule has 5 rings (SSSR count). The van der Waals surface area contributed by atoms with Crippen molar-refractivity contribution in [2.24, 2.45) is 0 Å². The number of aromatic nitrogens is 3. The number of hydrogen-bond acceptors (Lipinski definition) is 9. The van der Waals surface area contributed by atoms with Crippen molar-refractivity contribution < 1.29 is 19.1 Å². The van der Waals surface area contributed by atoms with E-state index in [1.165, 1.54) is 16.0 Å². The fourth-order valence-corrected chi connectivity index (χ4v) is 5.64. The lowest BCUT2D eigenvalue weighted by atomic mass is 10.2. The van der Waals surface area contributed by atoms with Gasteiger partial charge in [-0.25, -0.2) is 9.78 Å². The van der Waals surface area contributed by atoms with Gasteiger partial charge in [-0.3, -0.25) is 4.79 Å². The van der Waals surface area contributed by atoms with E-state index < -0.39 is 11.7 Å². The zero-order valence-electron chi connectivity index (χ0n) is 18.5. The molecule has 1 aromatic carbocycles. The van der Waals surface area contributed by atoms with Crippen LogP contribution in [0.5, 0.6) is 0 Å². The van der Waals surface area contributed by atoms with Gasteiger partial charge in [0.25, 0.3) is 5.91 Å². The summed E-state index contributed by atoms with van der Waals surface area (Å²) in [6, 6.07) is 7.15. The number of carbonyl (C=O) groups is 2. The summed E-state index contributed by atoms with van der Waals surface area (Å²) in [5, 5.41) is 8.76. The molecule has 0 radical (unpaired) electrons. The van der Waals surface area contributed by atoms with E-state index in [-0.39, 0.29) is 5.91 Å². The molecular formula is C22H23N5O4S2. The Balaban J connectivity index is 1.31. The molecule has 0 bridgehead atoms. The lowest BCUT2D eigenvalue weighted by Crippen LogP contribution is -2.36. The summed E-state index contributed by atoms with van der Waals surface area (Å²) in [7, 11) is 0. The second-order valence-corrected chi connectivity index (χ2v) is 10.7. The molecule has 1 saturated heterocycles. The van der Waals surface area contributed by atoms with Gasteiger partial charge >= 0.3 is 6.09 Å². The number of fused-ring (bicyclic) bond motifs is 2. The van der Waals surface area contributed by atoms with Crippen LogP contribution < -0.4 is 10.2 Å². The highest BCUT2D eigenvalue weighted by molar-refractivity contribution is 7.29. The molecule has 172 valence electrons. The highest BCUT2D eigenvalue weighted by atomic mass is 32.1. The lowest BCUT2D eigenvalue weighted by molar-refractivity contribution is 0.0522. The van der Waals surface area contributed by atoms with Crippen LogP contribution in [0.4, 0.5) is 15.6 Å². The third-order valence-corrected chi connectivity index (χ3v) is 7.20. The number of thiazole rings is 1. The summed E-state index contributed by atoms with van der Waals surface area (Å²) in [6.45, 7) is 8.50. The third kappa shape index (κ3) is 4.56. The van der Waals surface area contributed by atoms with Crippen LogP contribution in [0.1, 0.15) is 30.4 Å². The van der Waals surface area contributed by atoms with E-state index in [0.29, 0.717) is 29.3 Å². The molecule has 3 aromatic heterocycles. The number of carbonyl (C=O) groups excluding carboxylic acids is 2. The van der Waals surface area contributed by atoms with Crippen molar-refractivity contribution in [3.8, 4) is 0 Å². The van der Waals surface area contributed by atoms with E-state index in [2.05, 4.69) is 15.3 Å². The summed E-state index contributed by atoms with van der Waals surface area (Å²) in [5.41, 5.74) is 0.615. The predicted molar refractivity (Wildman–Crippen MR) is 130 cm³/mol. The van der Waals surface area contributed by atoms with Crippen molar-refractivity contribution in [1.29, 1.82) is 0 Å². The summed E-state index contributed by atoms with van der Waals surface area (Å²) >= 11 is 2.97. The third-order valence-electron chi connectivity index (χ3n) is 4.98. The van der Waals surface area contributed by atoms with Gasteiger partial charge in [-0.2, -0.15) is 9.78 Å². The van der Waals surface area contributed by atoms with Crippen molar-refractivity contribution in [2.45, 2.75) is 26.4 Å². The molecule has 0 unspecified atom stereocenters. The maximum absolute atomic E-state index is 12.8. The Kier molecular flexibility index (Phi) is 5.55. The fourth-order valence-electron chi connectivity index (χ4n) is 3.48. The standard InChI is InChI=1S/C22H23N5O4S2/c1-22(2,3)31-21(29)27-15-5-4-14(10-13(15)12-23-27)24-18(28)16-11-17-19(32-16)25-20(33-17)26-6-8-30-9-7-26/h4-5,10-12H,6-9H2,1-3H3,(H,24,28). The first kappa shape index (κ1) is 21.8. The van der Waals surface area contributed by atoms with E-state index in [9.17, 15) is 9.59 Å². The molecule has 33 heavy (non-hydrogen) atoms. The minimum Gasteiger partial charge on any atom is -0.442 e. The highest BCUT2D eigenvalue weighted by Gasteiger charge is 2.21. The van der Waals surface area contributed by atoms with Gasteiger partial charge in [0.05, 0.1) is 34.5 Å². The second-order valence-electron chi connectivity index (χ2n) is 8.64. The molecule has 1 fully saturated rings. The molecular weight excluding hydrogens is 462 g/mol. The van der Waals surface area contributed by atoms with E-state index in [4.69, 9.17) is 14.5 Å². The summed E-state index contributed by atoms with van der Waals surface area (Å²) < 4.78 is 13.0. The SMILES string of the molecule is CC(C)(C)OC(=O)n1ncc2cc(NC(=O)c3cc4sc(N5CCOCC5)nc4s3)ccc21. The number of amides is 1. The normalized spacial score (nSPS) is 14.7.